The van der Waals surface area contributed by atoms with E-state index in [1.54, 1.807) is 5.51 Å². The molecule has 0 radical (unpaired) electrons. The standard InChI is InChI=1S/C10H12N4OS2/c1-3-11-9-7(12-5-17-9)8(15)14-10-13-6(2)4-16-10/h4-5,11H,3H2,1-2H3,(H,13,14,15). The van der Waals surface area contributed by atoms with Gasteiger partial charge in [0.05, 0.1) is 11.2 Å². The highest BCUT2D eigenvalue weighted by Crippen LogP contribution is 2.22. The fourth-order valence-electron chi connectivity index (χ4n) is 1.26. The maximum Gasteiger partial charge on any atom is 0.279 e. The number of rotatable bonds is 4. The summed E-state index contributed by atoms with van der Waals surface area (Å²) < 4.78 is 0. The summed E-state index contributed by atoms with van der Waals surface area (Å²) in [5, 5.41) is 9.12. The van der Waals surface area contributed by atoms with Gasteiger partial charge in [0.2, 0.25) is 0 Å². The van der Waals surface area contributed by atoms with E-state index in [2.05, 4.69) is 20.6 Å². The minimum absolute atomic E-state index is 0.225. The molecule has 90 valence electrons. The first-order chi connectivity index (χ1) is 8.20. The Kier molecular flexibility index (Phi) is 3.70. The summed E-state index contributed by atoms with van der Waals surface area (Å²) in [6.45, 7) is 4.63. The molecule has 1 amide bonds. The van der Waals surface area contributed by atoms with Crippen molar-refractivity contribution in [3.63, 3.8) is 0 Å². The number of nitrogens with one attached hydrogen (secondary N) is 2. The molecule has 2 heterocycles. The van der Waals surface area contributed by atoms with Crippen molar-refractivity contribution in [1.82, 2.24) is 9.97 Å². The lowest BCUT2D eigenvalue weighted by Gasteiger charge is -2.02. The van der Waals surface area contributed by atoms with Crippen molar-refractivity contribution >= 4 is 38.7 Å². The predicted molar refractivity (Wildman–Crippen MR) is 71.1 cm³/mol. The van der Waals surface area contributed by atoms with Gasteiger partial charge >= 0.3 is 0 Å². The molecule has 7 heteroatoms. The smallest absolute Gasteiger partial charge is 0.279 e. The zero-order chi connectivity index (χ0) is 12.3. The lowest BCUT2D eigenvalue weighted by molar-refractivity contribution is 0.102. The number of anilines is 2. The van der Waals surface area contributed by atoms with Crippen LogP contribution < -0.4 is 10.6 Å². The Morgan fingerprint density at radius 3 is 2.94 bits per heavy atom. The van der Waals surface area contributed by atoms with Crippen LogP contribution in [0.3, 0.4) is 0 Å². The summed E-state index contributed by atoms with van der Waals surface area (Å²) in [5.74, 6) is -0.225. The number of carbonyl (C=O) groups is 1. The quantitative estimate of drug-likeness (QED) is 0.894. The van der Waals surface area contributed by atoms with E-state index < -0.39 is 0 Å². The zero-order valence-electron chi connectivity index (χ0n) is 9.48. The van der Waals surface area contributed by atoms with Gasteiger partial charge in [0.1, 0.15) is 5.00 Å². The van der Waals surface area contributed by atoms with Gasteiger partial charge < -0.3 is 5.32 Å². The SMILES string of the molecule is CCNc1scnc1C(=O)Nc1nc(C)cs1. The van der Waals surface area contributed by atoms with E-state index in [9.17, 15) is 4.79 Å². The molecule has 0 saturated carbocycles. The van der Waals surface area contributed by atoms with E-state index in [0.717, 1.165) is 17.2 Å². The van der Waals surface area contributed by atoms with Crippen molar-refractivity contribution < 1.29 is 4.79 Å². The normalized spacial score (nSPS) is 10.2. The molecule has 2 N–H and O–H groups in total. The van der Waals surface area contributed by atoms with Gasteiger partial charge in [0, 0.05) is 11.9 Å². The maximum atomic E-state index is 11.9. The van der Waals surface area contributed by atoms with E-state index in [1.165, 1.54) is 22.7 Å². The van der Waals surface area contributed by atoms with E-state index >= 15 is 0 Å². The molecule has 2 rings (SSSR count). The van der Waals surface area contributed by atoms with Crippen LogP contribution in [0.15, 0.2) is 10.9 Å². The number of aryl methyl sites for hydroxylation is 1. The molecule has 0 aliphatic heterocycles. The van der Waals surface area contributed by atoms with Crippen LogP contribution >= 0.6 is 22.7 Å². The molecule has 0 aromatic carbocycles. The summed E-state index contributed by atoms with van der Waals surface area (Å²) in [5.41, 5.74) is 2.97. The van der Waals surface area contributed by atoms with Crippen molar-refractivity contribution in [2.45, 2.75) is 13.8 Å². The van der Waals surface area contributed by atoms with E-state index in [0.29, 0.717) is 10.8 Å². The van der Waals surface area contributed by atoms with Crippen LogP contribution in [0.4, 0.5) is 10.1 Å². The third kappa shape index (κ3) is 2.80. The second kappa shape index (κ2) is 5.24. The summed E-state index contributed by atoms with van der Waals surface area (Å²) >= 11 is 2.82. The predicted octanol–water partition coefficient (Wildman–Crippen LogP) is 2.59. The third-order valence-electron chi connectivity index (χ3n) is 1.96. The van der Waals surface area contributed by atoms with Gasteiger partial charge in [-0.1, -0.05) is 0 Å². The van der Waals surface area contributed by atoms with Crippen LogP contribution in [0.25, 0.3) is 0 Å². The van der Waals surface area contributed by atoms with Crippen LogP contribution in [-0.4, -0.2) is 22.4 Å². The monoisotopic (exact) mass is 268 g/mol. The van der Waals surface area contributed by atoms with Gasteiger partial charge in [-0.3, -0.25) is 10.1 Å². The van der Waals surface area contributed by atoms with Crippen molar-refractivity contribution in [3.8, 4) is 0 Å². The first-order valence-corrected chi connectivity index (χ1v) is 6.87. The van der Waals surface area contributed by atoms with Gasteiger partial charge in [0.15, 0.2) is 10.8 Å². The molecule has 17 heavy (non-hydrogen) atoms. The fraction of sp³-hybridized carbons (Fsp3) is 0.300. The highest BCUT2D eigenvalue weighted by molar-refractivity contribution is 7.14. The fourth-order valence-corrected chi connectivity index (χ4v) is 2.69. The van der Waals surface area contributed by atoms with E-state index in [1.807, 2.05) is 19.2 Å². The second-order valence-corrected chi connectivity index (χ2v) is 5.02. The molecule has 0 atom stereocenters. The molecule has 0 aliphatic carbocycles. The Balaban J connectivity index is 2.11. The molecule has 2 aromatic rings. The molecule has 2 aromatic heterocycles. The van der Waals surface area contributed by atoms with Gasteiger partial charge in [-0.2, -0.15) is 0 Å². The Hall–Kier alpha value is -1.47. The van der Waals surface area contributed by atoms with Crippen LogP contribution in [0.2, 0.25) is 0 Å². The van der Waals surface area contributed by atoms with Crippen LogP contribution in [0.1, 0.15) is 23.1 Å². The second-order valence-electron chi connectivity index (χ2n) is 3.31. The van der Waals surface area contributed by atoms with Gasteiger partial charge in [0.25, 0.3) is 5.91 Å². The number of carbonyl (C=O) groups excluding carboxylic acids is 1. The molecule has 0 fully saturated rings. The number of hydrogen-bond donors (Lipinski definition) is 2. The zero-order valence-corrected chi connectivity index (χ0v) is 11.1. The highest BCUT2D eigenvalue weighted by atomic mass is 32.1. The third-order valence-corrected chi connectivity index (χ3v) is 3.62. The largest absolute Gasteiger partial charge is 0.375 e. The van der Waals surface area contributed by atoms with Gasteiger partial charge in [-0.15, -0.1) is 22.7 Å². The molecule has 0 unspecified atom stereocenters. The average molecular weight is 268 g/mol. The minimum atomic E-state index is -0.225. The molecule has 0 bridgehead atoms. The summed E-state index contributed by atoms with van der Waals surface area (Å²) in [4.78, 5) is 20.2. The first kappa shape index (κ1) is 12.0. The van der Waals surface area contributed by atoms with E-state index in [-0.39, 0.29) is 5.91 Å². The van der Waals surface area contributed by atoms with Crippen LogP contribution in [0.5, 0.6) is 0 Å². The Morgan fingerprint density at radius 1 is 1.47 bits per heavy atom. The van der Waals surface area contributed by atoms with Crippen molar-refractivity contribution in [1.29, 1.82) is 0 Å². The minimum Gasteiger partial charge on any atom is -0.375 e. The molecular weight excluding hydrogens is 256 g/mol. The molecular formula is C10H12N4OS2. The molecule has 0 spiro atoms. The molecule has 0 saturated heterocycles. The van der Waals surface area contributed by atoms with Crippen LogP contribution in [-0.2, 0) is 0 Å². The summed E-state index contributed by atoms with van der Waals surface area (Å²) in [6, 6.07) is 0. The summed E-state index contributed by atoms with van der Waals surface area (Å²) in [7, 11) is 0. The Labute approximate surface area is 107 Å². The van der Waals surface area contributed by atoms with Crippen molar-refractivity contribution in [2.75, 3.05) is 17.2 Å². The van der Waals surface area contributed by atoms with Gasteiger partial charge in [-0.05, 0) is 13.8 Å². The van der Waals surface area contributed by atoms with Crippen molar-refractivity contribution in [2.24, 2.45) is 0 Å². The summed E-state index contributed by atoms with van der Waals surface area (Å²) in [6.07, 6.45) is 0. The number of aromatic nitrogens is 2. The molecule has 0 aliphatic rings. The Morgan fingerprint density at radius 2 is 2.29 bits per heavy atom. The lowest BCUT2D eigenvalue weighted by Crippen LogP contribution is -2.14. The average Bonchev–Trinajstić information content (AvgIpc) is 2.88. The van der Waals surface area contributed by atoms with Crippen molar-refractivity contribution in [3.05, 3.63) is 22.3 Å². The number of hydrogen-bond acceptors (Lipinski definition) is 6. The highest BCUT2D eigenvalue weighted by Gasteiger charge is 2.15. The Bertz CT molecular complexity index is 520. The van der Waals surface area contributed by atoms with E-state index in [4.69, 9.17) is 0 Å². The first-order valence-electron chi connectivity index (χ1n) is 5.11. The number of amides is 1. The topological polar surface area (TPSA) is 66.9 Å². The number of thiazole rings is 2. The van der Waals surface area contributed by atoms with Gasteiger partial charge in [-0.25, -0.2) is 9.97 Å². The maximum absolute atomic E-state index is 11.9. The lowest BCUT2D eigenvalue weighted by atomic mass is 10.4. The molecule has 5 nitrogen and oxygen atoms in total. The van der Waals surface area contributed by atoms with Crippen LogP contribution in [0, 0.1) is 6.92 Å². The number of nitrogens with zero attached hydrogens (tertiary/aromatic N) is 2.